The van der Waals surface area contributed by atoms with Crippen molar-refractivity contribution in [3.8, 4) is 0 Å². The quantitative estimate of drug-likeness (QED) is 0.492. The van der Waals surface area contributed by atoms with E-state index in [2.05, 4.69) is 21.3 Å². The number of amides is 2. The Balaban J connectivity index is 0.000000132. The molecule has 2 aliphatic heterocycles. The second-order valence-corrected chi connectivity index (χ2v) is 8.34. The van der Waals surface area contributed by atoms with Gasteiger partial charge in [-0.25, -0.2) is 0 Å². The van der Waals surface area contributed by atoms with Crippen LogP contribution in [-0.2, 0) is 9.59 Å². The van der Waals surface area contributed by atoms with E-state index in [4.69, 9.17) is 0 Å². The van der Waals surface area contributed by atoms with Gasteiger partial charge in [-0.05, 0) is 51.4 Å². The summed E-state index contributed by atoms with van der Waals surface area (Å²) in [5.41, 5.74) is 0.136. The summed E-state index contributed by atoms with van der Waals surface area (Å²) in [5.74, 6) is 0.0548. The topological polar surface area (TPSA) is 82.3 Å². The standard InChI is InChI=1S/C8H10N2O2.C8H14N2.2ClH/c11-5-7(1-2-7)9-6(12)8(10-5)3-4-8;1-2-7(1)5-10-8(3-4-8)6-9-7;;/h1-4H2,(H,9,12)(H,10,11);9-10H,1-6H2;2*1H. The molecule has 0 atom stereocenters. The molecule has 4 aliphatic carbocycles. The molecule has 8 heteroatoms. The molecular weight excluding hydrogens is 351 g/mol. The third-order valence-corrected chi connectivity index (χ3v) is 6.39. The molecule has 136 valence electrons. The fraction of sp³-hybridized carbons (Fsp3) is 0.875. The van der Waals surface area contributed by atoms with Crippen molar-refractivity contribution in [2.75, 3.05) is 13.1 Å². The lowest BCUT2D eigenvalue weighted by Crippen LogP contribution is -2.64. The number of hydrogen-bond acceptors (Lipinski definition) is 4. The molecule has 4 N–H and O–H groups in total. The van der Waals surface area contributed by atoms with Gasteiger partial charge in [0.25, 0.3) is 0 Å². The van der Waals surface area contributed by atoms with Gasteiger partial charge in [0.1, 0.15) is 11.1 Å². The molecular formula is C16H26Cl2N4O2. The van der Waals surface area contributed by atoms with Crippen molar-refractivity contribution >= 4 is 36.6 Å². The van der Waals surface area contributed by atoms with E-state index in [9.17, 15) is 9.59 Å². The number of nitrogens with one attached hydrogen (secondary N) is 4. The van der Waals surface area contributed by atoms with Gasteiger partial charge in [-0.15, -0.1) is 24.8 Å². The molecule has 2 heterocycles. The lowest BCUT2D eigenvalue weighted by atomic mass is 10.1. The highest BCUT2D eigenvalue weighted by Crippen LogP contribution is 2.45. The molecule has 4 spiro atoms. The zero-order chi connectivity index (χ0) is 15.1. The number of rotatable bonds is 0. The Kier molecular flexibility index (Phi) is 4.15. The first kappa shape index (κ1) is 18.2. The maximum atomic E-state index is 11.5. The smallest absolute Gasteiger partial charge is 0.246 e. The van der Waals surface area contributed by atoms with Crippen LogP contribution in [0.25, 0.3) is 0 Å². The van der Waals surface area contributed by atoms with Gasteiger partial charge in [0.05, 0.1) is 0 Å². The third kappa shape index (κ3) is 2.91. The Morgan fingerprint density at radius 3 is 1.12 bits per heavy atom. The van der Waals surface area contributed by atoms with Crippen molar-refractivity contribution in [3.05, 3.63) is 0 Å². The van der Waals surface area contributed by atoms with Crippen molar-refractivity contribution in [3.63, 3.8) is 0 Å². The van der Waals surface area contributed by atoms with Crippen LogP contribution in [0.5, 0.6) is 0 Å². The predicted octanol–water partition coefficient (Wildman–Crippen LogP) is 0.386. The zero-order valence-corrected chi connectivity index (χ0v) is 15.3. The molecule has 6 fully saturated rings. The Bertz CT molecular complexity index is 504. The van der Waals surface area contributed by atoms with E-state index >= 15 is 0 Å². The van der Waals surface area contributed by atoms with Crippen molar-refractivity contribution in [1.82, 2.24) is 21.3 Å². The molecule has 6 nitrogen and oxygen atoms in total. The summed E-state index contributed by atoms with van der Waals surface area (Å²) >= 11 is 0. The molecule has 0 aromatic heterocycles. The number of halogens is 2. The highest BCUT2D eigenvalue weighted by Gasteiger charge is 2.63. The Morgan fingerprint density at radius 2 is 0.917 bits per heavy atom. The molecule has 0 radical (unpaired) electrons. The Labute approximate surface area is 154 Å². The first-order valence-corrected chi connectivity index (χ1v) is 8.65. The van der Waals surface area contributed by atoms with Gasteiger partial charge in [-0.1, -0.05) is 0 Å². The summed E-state index contributed by atoms with van der Waals surface area (Å²) in [6, 6.07) is 0. The summed E-state index contributed by atoms with van der Waals surface area (Å²) in [4.78, 5) is 22.9. The van der Waals surface area contributed by atoms with Gasteiger partial charge >= 0.3 is 0 Å². The first-order valence-electron chi connectivity index (χ1n) is 8.65. The average Bonchev–Trinajstić information content (AvgIpc) is 3.33. The lowest BCUT2D eigenvalue weighted by molar-refractivity contribution is -0.138. The maximum absolute atomic E-state index is 11.5. The molecule has 0 bridgehead atoms. The van der Waals surface area contributed by atoms with Crippen LogP contribution in [0.3, 0.4) is 0 Å². The van der Waals surface area contributed by atoms with Gasteiger partial charge < -0.3 is 21.3 Å². The first-order chi connectivity index (χ1) is 10.5. The summed E-state index contributed by atoms with van der Waals surface area (Å²) in [6.45, 7) is 2.46. The van der Waals surface area contributed by atoms with Crippen LogP contribution in [0, 0.1) is 0 Å². The fourth-order valence-electron chi connectivity index (χ4n) is 3.59. The SMILES string of the molecule is C1CC12CNC1(CC1)CN2.Cl.Cl.O=C1NC2(CC2)C(=O)NC12CC2. The highest BCUT2D eigenvalue weighted by atomic mass is 35.5. The van der Waals surface area contributed by atoms with Gasteiger partial charge in [0, 0.05) is 24.2 Å². The minimum absolute atomic E-state index is 0. The molecule has 2 amide bonds. The molecule has 6 aliphatic rings. The highest BCUT2D eigenvalue weighted by molar-refractivity contribution is 6.05. The molecule has 0 unspecified atom stereocenters. The van der Waals surface area contributed by atoms with Crippen LogP contribution in [0.4, 0.5) is 0 Å². The maximum Gasteiger partial charge on any atom is 0.246 e. The summed E-state index contributed by atoms with van der Waals surface area (Å²) in [6.07, 6.45) is 8.82. The average molecular weight is 377 g/mol. The third-order valence-electron chi connectivity index (χ3n) is 6.39. The van der Waals surface area contributed by atoms with Crippen molar-refractivity contribution in [2.45, 2.75) is 73.5 Å². The fourth-order valence-corrected chi connectivity index (χ4v) is 3.59. The van der Waals surface area contributed by atoms with E-state index in [0.29, 0.717) is 11.1 Å². The predicted molar refractivity (Wildman–Crippen MR) is 94.6 cm³/mol. The van der Waals surface area contributed by atoms with Gasteiger partial charge in [-0.2, -0.15) is 0 Å². The second kappa shape index (κ2) is 5.47. The van der Waals surface area contributed by atoms with E-state index in [1.807, 2.05) is 0 Å². The molecule has 0 aromatic carbocycles. The molecule has 0 aromatic rings. The van der Waals surface area contributed by atoms with Crippen molar-refractivity contribution in [2.24, 2.45) is 0 Å². The molecule has 2 saturated heterocycles. The summed E-state index contributed by atoms with van der Waals surface area (Å²) in [5, 5.41) is 13.0. The van der Waals surface area contributed by atoms with Crippen LogP contribution < -0.4 is 21.3 Å². The van der Waals surface area contributed by atoms with Gasteiger partial charge in [-0.3, -0.25) is 9.59 Å². The van der Waals surface area contributed by atoms with Crippen LogP contribution in [0.15, 0.2) is 0 Å². The zero-order valence-electron chi connectivity index (χ0n) is 13.7. The van der Waals surface area contributed by atoms with E-state index in [-0.39, 0.29) is 36.6 Å². The minimum atomic E-state index is -0.495. The minimum Gasteiger partial charge on any atom is -0.340 e. The van der Waals surface area contributed by atoms with Crippen molar-refractivity contribution in [1.29, 1.82) is 0 Å². The number of piperazine rings is 2. The van der Waals surface area contributed by atoms with Crippen LogP contribution in [-0.4, -0.2) is 47.1 Å². The molecule has 24 heavy (non-hydrogen) atoms. The van der Waals surface area contributed by atoms with E-state index in [0.717, 1.165) is 25.7 Å². The van der Waals surface area contributed by atoms with E-state index < -0.39 is 11.1 Å². The van der Waals surface area contributed by atoms with Crippen molar-refractivity contribution < 1.29 is 9.59 Å². The lowest BCUT2D eigenvalue weighted by Gasteiger charge is -2.31. The van der Waals surface area contributed by atoms with Gasteiger partial charge in [0.2, 0.25) is 11.8 Å². The number of hydrogen-bond donors (Lipinski definition) is 4. The van der Waals surface area contributed by atoms with Crippen LogP contribution >= 0.6 is 24.8 Å². The van der Waals surface area contributed by atoms with E-state index in [1.165, 1.54) is 38.8 Å². The second-order valence-electron chi connectivity index (χ2n) is 8.34. The molecule has 6 rings (SSSR count). The normalized spacial score (nSPS) is 32.5. The summed E-state index contributed by atoms with van der Waals surface area (Å²) < 4.78 is 0. The summed E-state index contributed by atoms with van der Waals surface area (Å²) in [7, 11) is 0. The van der Waals surface area contributed by atoms with Gasteiger partial charge in [0.15, 0.2) is 0 Å². The monoisotopic (exact) mass is 376 g/mol. The number of carbonyl (C=O) groups excluding carboxylic acids is 2. The van der Waals surface area contributed by atoms with E-state index in [1.54, 1.807) is 0 Å². The van der Waals surface area contributed by atoms with Crippen LogP contribution in [0.1, 0.15) is 51.4 Å². The Hall–Kier alpha value is -0.560. The largest absolute Gasteiger partial charge is 0.340 e. The van der Waals surface area contributed by atoms with Crippen LogP contribution in [0.2, 0.25) is 0 Å². The number of carbonyl (C=O) groups is 2. The Morgan fingerprint density at radius 1 is 0.583 bits per heavy atom. The molecule has 4 saturated carbocycles.